The SMILES string of the molecule is COc1ccc(CCNCc2cncn2C)cc1. The molecule has 2 aromatic rings. The van der Waals surface area contributed by atoms with E-state index in [9.17, 15) is 0 Å². The Morgan fingerprint density at radius 2 is 2.06 bits per heavy atom. The highest BCUT2D eigenvalue weighted by molar-refractivity contribution is 5.27. The van der Waals surface area contributed by atoms with Crippen molar-refractivity contribution < 1.29 is 4.74 Å². The lowest BCUT2D eigenvalue weighted by Crippen LogP contribution is -2.18. The molecule has 2 rings (SSSR count). The van der Waals surface area contributed by atoms with Gasteiger partial charge in [0.25, 0.3) is 0 Å². The molecular weight excluding hydrogens is 226 g/mol. The fourth-order valence-electron chi connectivity index (χ4n) is 1.80. The second-order valence-corrected chi connectivity index (χ2v) is 4.27. The van der Waals surface area contributed by atoms with Crippen LogP contribution in [0.3, 0.4) is 0 Å². The van der Waals surface area contributed by atoms with Crippen molar-refractivity contribution >= 4 is 0 Å². The number of rotatable bonds is 6. The molecule has 0 radical (unpaired) electrons. The third-order valence-electron chi connectivity index (χ3n) is 2.97. The predicted octanol–water partition coefficient (Wildman–Crippen LogP) is 1.76. The number of methoxy groups -OCH3 is 1. The fourth-order valence-corrected chi connectivity index (χ4v) is 1.80. The van der Waals surface area contributed by atoms with Crippen LogP contribution in [0.15, 0.2) is 36.8 Å². The lowest BCUT2D eigenvalue weighted by molar-refractivity contribution is 0.414. The third-order valence-corrected chi connectivity index (χ3v) is 2.97. The number of aryl methyl sites for hydroxylation is 1. The molecule has 0 aliphatic heterocycles. The van der Waals surface area contributed by atoms with Gasteiger partial charge in [-0.25, -0.2) is 4.98 Å². The van der Waals surface area contributed by atoms with E-state index >= 15 is 0 Å². The van der Waals surface area contributed by atoms with Gasteiger partial charge in [-0.3, -0.25) is 0 Å². The molecule has 96 valence electrons. The van der Waals surface area contributed by atoms with Crippen molar-refractivity contribution in [3.63, 3.8) is 0 Å². The molecule has 1 aromatic carbocycles. The Kier molecular flexibility index (Phi) is 4.36. The standard InChI is InChI=1S/C14H19N3O/c1-17-11-16-10-13(17)9-15-8-7-12-3-5-14(18-2)6-4-12/h3-6,10-11,15H,7-9H2,1-2H3. The lowest BCUT2D eigenvalue weighted by atomic mass is 10.1. The summed E-state index contributed by atoms with van der Waals surface area (Å²) in [6, 6.07) is 8.20. The van der Waals surface area contributed by atoms with Gasteiger partial charge in [0.1, 0.15) is 5.75 Å². The maximum absolute atomic E-state index is 5.13. The van der Waals surface area contributed by atoms with Crippen molar-refractivity contribution in [3.05, 3.63) is 48.0 Å². The molecular formula is C14H19N3O. The third kappa shape index (κ3) is 3.34. The number of nitrogens with zero attached hydrogens (tertiary/aromatic N) is 2. The van der Waals surface area contributed by atoms with Crippen LogP contribution < -0.4 is 10.1 Å². The molecule has 4 nitrogen and oxygen atoms in total. The second kappa shape index (κ2) is 6.21. The van der Waals surface area contributed by atoms with Crippen LogP contribution in [0.2, 0.25) is 0 Å². The summed E-state index contributed by atoms with van der Waals surface area (Å²) in [5.74, 6) is 0.904. The summed E-state index contributed by atoms with van der Waals surface area (Å²) in [6.07, 6.45) is 4.72. The fraction of sp³-hybridized carbons (Fsp3) is 0.357. The summed E-state index contributed by atoms with van der Waals surface area (Å²) in [7, 11) is 3.69. The molecule has 0 spiro atoms. The molecule has 1 N–H and O–H groups in total. The summed E-state index contributed by atoms with van der Waals surface area (Å²) < 4.78 is 7.16. The van der Waals surface area contributed by atoms with Crippen LogP contribution in [-0.4, -0.2) is 23.2 Å². The van der Waals surface area contributed by atoms with Crippen LogP contribution >= 0.6 is 0 Å². The van der Waals surface area contributed by atoms with Crippen LogP contribution in [0.4, 0.5) is 0 Å². The van der Waals surface area contributed by atoms with Crippen LogP contribution in [0, 0.1) is 0 Å². The Labute approximate surface area is 108 Å². The molecule has 0 atom stereocenters. The quantitative estimate of drug-likeness (QED) is 0.788. The zero-order valence-corrected chi connectivity index (χ0v) is 10.9. The first-order chi connectivity index (χ1) is 8.79. The maximum Gasteiger partial charge on any atom is 0.118 e. The van der Waals surface area contributed by atoms with E-state index < -0.39 is 0 Å². The molecule has 0 unspecified atom stereocenters. The highest BCUT2D eigenvalue weighted by Crippen LogP contribution is 2.11. The molecule has 1 heterocycles. The summed E-state index contributed by atoms with van der Waals surface area (Å²) in [5.41, 5.74) is 2.51. The van der Waals surface area contributed by atoms with E-state index in [1.54, 1.807) is 7.11 Å². The van der Waals surface area contributed by atoms with E-state index in [0.717, 1.165) is 25.3 Å². The van der Waals surface area contributed by atoms with Crippen LogP contribution in [-0.2, 0) is 20.0 Å². The topological polar surface area (TPSA) is 39.1 Å². The molecule has 0 saturated heterocycles. The van der Waals surface area contributed by atoms with Gasteiger partial charge in [0.05, 0.1) is 19.1 Å². The first-order valence-corrected chi connectivity index (χ1v) is 6.08. The van der Waals surface area contributed by atoms with Gasteiger partial charge in [-0.05, 0) is 30.7 Å². The smallest absolute Gasteiger partial charge is 0.118 e. The summed E-state index contributed by atoms with van der Waals surface area (Å²) in [6.45, 7) is 1.81. The van der Waals surface area contributed by atoms with Gasteiger partial charge in [-0.2, -0.15) is 0 Å². The van der Waals surface area contributed by atoms with Crippen molar-refractivity contribution in [3.8, 4) is 5.75 Å². The Bertz CT molecular complexity index is 476. The van der Waals surface area contributed by atoms with Gasteiger partial charge < -0.3 is 14.6 Å². The van der Waals surface area contributed by atoms with Gasteiger partial charge in [0.2, 0.25) is 0 Å². The van der Waals surface area contributed by atoms with E-state index in [1.807, 2.05) is 36.3 Å². The van der Waals surface area contributed by atoms with Crippen molar-refractivity contribution in [1.82, 2.24) is 14.9 Å². The van der Waals surface area contributed by atoms with Gasteiger partial charge >= 0.3 is 0 Å². The van der Waals surface area contributed by atoms with E-state index in [2.05, 4.69) is 22.4 Å². The van der Waals surface area contributed by atoms with Crippen LogP contribution in [0.5, 0.6) is 5.75 Å². The monoisotopic (exact) mass is 245 g/mol. The second-order valence-electron chi connectivity index (χ2n) is 4.27. The highest BCUT2D eigenvalue weighted by atomic mass is 16.5. The van der Waals surface area contributed by atoms with Gasteiger partial charge in [0, 0.05) is 19.8 Å². The van der Waals surface area contributed by atoms with Crippen LogP contribution in [0.1, 0.15) is 11.3 Å². The zero-order valence-electron chi connectivity index (χ0n) is 10.9. The largest absolute Gasteiger partial charge is 0.497 e. The Hall–Kier alpha value is -1.81. The minimum Gasteiger partial charge on any atom is -0.497 e. The molecule has 0 fully saturated rings. The molecule has 18 heavy (non-hydrogen) atoms. The van der Waals surface area contributed by atoms with Crippen molar-refractivity contribution in [2.75, 3.05) is 13.7 Å². The molecule has 0 saturated carbocycles. The lowest BCUT2D eigenvalue weighted by Gasteiger charge is -2.06. The Morgan fingerprint density at radius 1 is 1.28 bits per heavy atom. The predicted molar refractivity (Wildman–Crippen MR) is 71.6 cm³/mol. The highest BCUT2D eigenvalue weighted by Gasteiger charge is 1.98. The number of benzene rings is 1. The molecule has 4 heteroatoms. The molecule has 1 aromatic heterocycles. The summed E-state index contributed by atoms with van der Waals surface area (Å²) in [4.78, 5) is 4.09. The van der Waals surface area contributed by atoms with Gasteiger partial charge in [0.15, 0.2) is 0 Å². The summed E-state index contributed by atoms with van der Waals surface area (Å²) >= 11 is 0. The Balaban J connectivity index is 1.73. The first-order valence-electron chi connectivity index (χ1n) is 6.08. The number of nitrogens with one attached hydrogen (secondary N) is 1. The number of imidazole rings is 1. The molecule has 0 aliphatic rings. The molecule has 0 bridgehead atoms. The van der Waals surface area contributed by atoms with Gasteiger partial charge in [-0.15, -0.1) is 0 Å². The number of hydrogen-bond acceptors (Lipinski definition) is 3. The molecule has 0 aliphatic carbocycles. The van der Waals surface area contributed by atoms with E-state index in [1.165, 1.54) is 11.3 Å². The normalized spacial score (nSPS) is 10.6. The average molecular weight is 245 g/mol. The number of aromatic nitrogens is 2. The number of hydrogen-bond donors (Lipinski definition) is 1. The van der Waals surface area contributed by atoms with Crippen molar-refractivity contribution in [2.24, 2.45) is 7.05 Å². The van der Waals surface area contributed by atoms with E-state index in [-0.39, 0.29) is 0 Å². The van der Waals surface area contributed by atoms with E-state index in [0.29, 0.717) is 0 Å². The zero-order chi connectivity index (χ0) is 12.8. The number of ether oxygens (including phenoxy) is 1. The van der Waals surface area contributed by atoms with E-state index in [4.69, 9.17) is 4.74 Å². The van der Waals surface area contributed by atoms with Crippen LogP contribution in [0.25, 0.3) is 0 Å². The van der Waals surface area contributed by atoms with Gasteiger partial charge in [-0.1, -0.05) is 12.1 Å². The first kappa shape index (κ1) is 12.6. The minimum atomic E-state index is 0.854. The average Bonchev–Trinajstić information content (AvgIpc) is 2.81. The Morgan fingerprint density at radius 3 is 2.67 bits per heavy atom. The van der Waals surface area contributed by atoms with Crippen molar-refractivity contribution in [1.29, 1.82) is 0 Å². The molecule has 0 amide bonds. The van der Waals surface area contributed by atoms with Crippen molar-refractivity contribution in [2.45, 2.75) is 13.0 Å². The summed E-state index contributed by atoms with van der Waals surface area (Å²) in [5, 5.41) is 3.41. The minimum absolute atomic E-state index is 0.854. The maximum atomic E-state index is 5.13.